The molecule has 1 aliphatic rings. The molecule has 21 heavy (non-hydrogen) atoms. The van der Waals surface area contributed by atoms with Crippen LogP contribution in [0.3, 0.4) is 0 Å². The lowest BCUT2D eigenvalue weighted by Crippen LogP contribution is -2.49. The summed E-state index contributed by atoms with van der Waals surface area (Å²) >= 11 is 0. The number of carbonyl (C=O) groups excluding carboxylic acids is 1. The van der Waals surface area contributed by atoms with Crippen molar-refractivity contribution in [1.82, 2.24) is 15.2 Å². The molecule has 5 nitrogen and oxygen atoms in total. The van der Waals surface area contributed by atoms with E-state index in [-0.39, 0.29) is 12.1 Å². The highest BCUT2D eigenvalue weighted by atomic mass is 16.6. The highest BCUT2D eigenvalue weighted by Gasteiger charge is 2.28. The second kappa shape index (κ2) is 6.52. The summed E-state index contributed by atoms with van der Waals surface area (Å²) in [6.07, 6.45) is 3.82. The van der Waals surface area contributed by atoms with Crippen LogP contribution in [0.4, 0.5) is 4.79 Å². The zero-order chi connectivity index (χ0) is 15.5. The third-order valence-electron chi connectivity index (χ3n) is 3.65. The van der Waals surface area contributed by atoms with Crippen LogP contribution < -0.4 is 5.32 Å². The van der Waals surface area contributed by atoms with Gasteiger partial charge in [0.05, 0.1) is 0 Å². The minimum Gasteiger partial charge on any atom is -0.444 e. The van der Waals surface area contributed by atoms with Crippen LogP contribution in [0.25, 0.3) is 0 Å². The predicted molar refractivity (Wildman–Crippen MR) is 83.2 cm³/mol. The van der Waals surface area contributed by atoms with Gasteiger partial charge in [-0.05, 0) is 52.7 Å². The number of nitrogens with zero attached hydrogens (tertiary/aromatic N) is 1. The summed E-state index contributed by atoms with van der Waals surface area (Å²) in [4.78, 5) is 17.2. The molecule has 1 fully saturated rings. The molecule has 2 rings (SSSR count). The van der Waals surface area contributed by atoms with Crippen LogP contribution in [0.2, 0.25) is 0 Å². The minimum atomic E-state index is -0.436. The smallest absolute Gasteiger partial charge is 0.410 e. The summed E-state index contributed by atoms with van der Waals surface area (Å²) in [6.45, 7) is 9.33. The maximum absolute atomic E-state index is 12.1. The van der Waals surface area contributed by atoms with E-state index < -0.39 is 5.60 Å². The third-order valence-corrected chi connectivity index (χ3v) is 3.65. The molecule has 0 unspecified atom stereocenters. The van der Waals surface area contributed by atoms with E-state index in [9.17, 15) is 4.79 Å². The Kier molecular flexibility index (Phi) is 4.93. The largest absolute Gasteiger partial charge is 0.444 e. The number of piperidine rings is 1. The number of nitrogens with one attached hydrogen (secondary N) is 2. The predicted octanol–water partition coefficient (Wildman–Crippen LogP) is 3.06. The van der Waals surface area contributed by atoms with Crippen LogP contribution in [-0.4, -0.2) is 40.7 Å². The molecule has 1 amide bonds. The van der Waals surface area contributed by atoms with Crippen molar-refractivity contribution in [2.75, 3.05) is 13.1 Å². The Bertz CT molecular complexity index is 451. The maximum atomic E-state index is 12.1. The van der Waals surface area contributed by atoms with Gasteiger partial charge in [0, 0.05) is 37.1 Å². The Hall–Kier alpha value is -1.49. The van der Waals surface area contributed by atoms with Crippen molar-refractivity contribution in [1.29, 1.82) is 0 Å². The molecule has 0 spiro atoms. The van der Waals surface area contributed by atoms with Gasteiger partial charge < -0.3 is 19.9 Å². The topological polar surface area (TPSA) is 57.4 Å². The fourth-order valence-corrected chi connectivity index (χ4v) is 2.66. The van der Waals surface area contributed by atoms with Crippen molar-refractivity contribution in [3.63, 3.8) is 0 Å². The van der Waals surface area contributed by atoms with E-state index >= 15 is 0 Å². The number of aromatic amines is 1. The van der Waals surface area contributed by atoms with Gasteiger partial charge in [-0.1, -0.05) is 0 Å². The quantitative estimate of drug-likeness (QED) is 0.900. The number of carbonyl (C=O) groups is 1. The van der Waals surface area contributed by atoms with Crippen LogP contribution >= 0.6 is 0 Å². The molecular formula is C16H27N3O2. The summed E-state index contributed by atoms with van der Waals surface area (Å²) in [5.41, 5.74) is 0.735. The first-order valence-corrected chi connectivity index (χ1v) is 7.72. The Morgan fingerprint density at radius 2 is 2.29 bits per heavy atom. The molecule has 2 atom stereocenters. The average molecular weight is 293 g/mol. The van der Waals surface area contributed by atoms with Gasteiger partial charge in [-0.2, -0.15) is 0 Å². The minimum absolute atomic E-state index is 0.207. The van der Waals surface area contributed by atoms with Crippen LogP contribution in [0.5, 0.6) is 0 Å². The molecule has 0 bridgehead atoms. The molecule has 2 heterocycles. The fourth-order valence-electron chi connectivity index (χ4n) is 2.66. The number of amides is 1. The Morgan fingerprint density at radius 3 is 2.90 bits per heavy atom. The summed E-state index contributed by atoms with van der Waals surface area (Å²) in [6, 6.07) is 4.64. The van der Waals surface area contributed by atoms with Crippen LogP contribution in [0, 0.1) is 0 Å². The van der Waals surface area contributed by atoms with Gasteiger partial charge in [-0.3, -0.25) is 0 Å². The molecule has 118 valence electrons. The van der Waals surface area contributed by atoms with E-state index in [1.54, 1.807) is 0 Å². The summed E-state index contributed by atoms with van der Waals surface area (Å²) in [5, 5.41) is 3.59. The van der Waals surface area contributed by atoms with Crippen molar-refractivity contribution in [2.45, 2.75) is 58.2 Å². The van der Waals surface area contributed by atoms with Crippen LogP contribution in [0.1, 0.15) is 52.3 Å². The van der Waals surface area contributed by atoms with Crippen LogP contribution in [-0.2, 0) is 4.74 Å². The molecule has 1 aromatic rings. The zero-order valence-corrected chi connectivity index (χ0v) is 13.5. The first kappa shape index (κ1) is 15.9. The number of ether oxygens (including phenoxy) is 1. The van der Waals surface area contributed by atoms with Crippen LogP contribution in [0.15, 0.2) is 18.3 Å². The molecule has 2 N–H and O–H groups in total. The van der Waals surface area contributed by atoms with E-state index in [1.165, 1.54) is 5.69 Å². The molecule has 1 aromatic heterocycles. The number of rotatable bonds is 3. The number of hydrogen-bond donors (Lipinski definition) is 2. The van der Waals surface area contributed by atoms with Gasteiger partial charge in [0.25, 0.3) is 0 Å². The average Bonchev–Trinajstić information content (AvgIpc) is 2.91. The Balaban J connectivity index is 1.87. The summed E-state index contributed by atoms with van der Waals surface area (Å²) < 4.78 is 5.46. The zero-order valence-electron chi connectivity index (χ0n) is 13.5. The van der Waals surface area contributed by atoms with Gasteiger partial charge in [-0.25, -0.2) is 4.79 Å². The summed E-state index contributed by atoms with van der Waals surface area (Å²) in [5.74, 6) is 0. The molecule has 0 aliphatic carbocycles. The second-order valence-electron chi connectivity index (χ2n) is 6.78. The Morgan fingerprint density at radius 1 is 1.52 bits per heavy atom. The van der Waals surface area contributed by atoms with E-state index in [0.29, 0.717) is 12.6 Å². The fraction of sp³-hybridized carbons (Fsp3) is 0.688. The van der Waals surface area contributed by atoms with Crippen molar-refractivity contribution >= 4 is 6.09 Å². The summed E-state index contributed by atoms with van der Waals surface area (Å²) in [7, 11) is 0. The SMILES string of the molecule is C[C@H](N[C@@H]1CCCN(C(=O)OC(C)(C)C)C1)c1ccc[nH]1. The highest BCUT2D eigenvalue weighted by molar-refractivity contribution is 5.68. The normalized spacial score (nSPS) is 21.1. The van der Waals surface area contributed by atoms with Crippen molar-refractivity contribution in [3.8, 4) is 0 Å². The highest BCUT2D eigenvalue weighted by Crippen LogP contribution is 2.18. The first-order chi connectivity index (χ1) is 9.85. The standard InChI is InChI=1S/C16H27N3O2/c1-12(14-8-5-9-17-14)18-13-7-6-10-19(11-13)15(20)21-16(2,3)4/h5,8-9,12-13,17-18H,6-7,10-11H2,1-4H3/t12-,13+/m0/s1. The molecule has 1 saturated heterocycles. The van der Waals surface area contributed by atoms with Gasteiger partial charge in [0.15, 0.2) is 0 Å². The maximum Gasteiger partial charge on any atom is 0.410 e. The van der Waals surface area contributed by atoms with Crippen molar-refractivity contribution < 1.29 is 9.53 Å². The van der Waals surface area contributed by atoms with E-state index in [1.807, 2.05) is 37.9 Å². The lowest BCUT2D eigenvalue weighted by Gasteiger charge is -2.35. The van der Waals surface area contributed by atoms with Crippen molar-refractivity contribution in [3.05, 3.63) is 24.0 Å². The third kappa shape index (κ3) is 4.77. The van der Waals surface area contributed by atoms with E-state index in [4.69, 9.17) is 4.74 Å². The monoisotopic (exact) mass is 293 g/mol. The first-order valence-electron chi connectivity index (χ1n) is 7.72. The molecule has 5 heteroatoms. The number of aromatic nitrogens is 1. The molecular weight excluding hydrogens is 266 g/mol. The van der Waals surface area contributed by atoms with Gasteiger partial charge in [0.2, 0.25) is 0 Å². The van der Waals surface area contributed by atoms with Gasteiger partial charge in [-0.15, -0.1) is 0 Å². The van der Waals surface area contributed by atoms with Gasteiger partial charge >= 0.3 is 6.09 Å². The lowest BCUT2D eigenvalue weighted by molar-refractivity contribution is 0.0184. The van der Waals surface area contributed by atoms with E-state index in [2.05, 4.69) is 23.3 Å². The second-order valence-corrected chi connectivity index (χ2v) is 6.78. The molecule has 0 saturated carbocycles. The van der Waals surface area contributed by atoms with E-state index in [0.717, 1.165) is 19.4 Å². The Labute approximate surface area is 127 Å². The molecule has 1 aliphatic heterocycles. The number of hydrogen-bond acceptors (Lipinski definition) is 3. The lowest BCUT2D eigenvalue weighted by atomic mass is 10.0. The number of likely N-dealkylation sites (tertiary alicyclic amines) is 1. The molecule has 0 radical (unpaired) electrons. The number of H-pyrrole nitrogens is 1. The van der Waals surface area contributed by atoms with Gasteiger partial charge in [0.1, 0.15) is 5.60 Å². The molecule has 0 aromatic carbocycles. The van der Waals surface area contributed by atoms with Crippen molar-refractivity contribution in [2.24, 2.45) is 0 Å².